The largest absolute Gasteiger partial charge is 0.494 e. The number of hydrogen-bond donors (Lipinski definition) is 1. The van der Waals surface area contributed by atoms with Crippen molar-refractivity contribution >= 4 is 5.91 Å². The van der Waals surface area contributed by atoms with Crippen molar-refractivity contribution in [3.05, 3.63) is 29.3 Å². The fourth-order valence-electron chi connectivity index (χ4n) is 1.96. The molecule has 1 aromatic carbocycles. The minimum Gasteiger partial charge on any atom is -0.494 e. The second kappa shape index (κ2) is 7.14. The van der Waals surface area contributed by atoms with Crippen molar-refractivity contribution in [3.63, 3.8) is 0 Å². The van der Waals surface area contributed by atoms with Crippen molar-refractivity contribution in [2.45, 2.75) is 27.3 Å². The highest BCUT2D eigenvalue weighted by Gasteiger charge is 2.16. The second-order valence-corrected chi connectivity index (χ2v) is 4.86. The molecule has 0 heterocycles. The summed E-state index contributed by atoms with van der Waals surface area (Å²) in [5, 5.41) is 0. The third-order valence-electron chi connectivity index (χ3n) is 3.11. The molecular weight excluding hydrogens is 240 g/mol. The van der Waals surface area contributed by atoms with Gasteiger partial charge in [-0.3, -0.25) is 4.79 Å². The Balaban J connectivity index is 2.72. The number of nitrogens with two attached hydrogens (primary N) is 1. The Kier molecular flexibility index (Phi) is 5.83. The van der Waals surface area contributed by atoms with Crippen molar-refractivity contribution in [2.75, 3.05) is 20.2 Å². The minimum absolute atomic E-state index is 0.0778. The Bertz CT molecular complexity index is 432. The highest BCUT2D eigenvalue weighted by molar-refractivity contribution is 5.78. The van der Waals surface area contributed by atoms with Crippen molar-refractivity contribution in [1.29, 1.82) is 0 Å². The summed E-state index contributed by atoms with van der Waals surface area (Å²) < 4.78 is 5.50. The molecule has 19 heavy (non-hydrogen) atoms. The Labute approximate surface area is 115 Å². The molecule has 4 heteroatoms. The number of aryl methyl sites for hydroxylation is 1. The lowest BCUT2D eigenvalue weighted by atomic mass is 10.1. The van der Waals surface area contributed by atoms with Gasteiger partial charge >= 0.3 is 0 Å². The monoisotopic (exact) mass is 264 g/mol. The Morgan fingerprint density at radius 1 is 1.47 bits per heavy atom. The van der Waals surface area contributed by atoms with E-state index in [1.807, 2.05) is 32.9 Å². The number of ether oxygens (including phenoxy) is 1. The van der Waals surface area contributed by atoms with Crippen molar-refractivity contribution in [3.8, 4) is 5.75 Å². The second-order valence-electron chi connectivity index (χ2n) is 4.86. The van der Waals surface area contributed by atoms with Crippen LogP contribution in [0.1, 0.15) is 25.0 Å². The van der Waals surface area contributed by atoms with Gasteiger partial charge in [-0.2, -0.15) is 0 Å². The van der Waals surface area contributed by atoms with Crippen LogP contribution < -0.4 is 10.5 Å². The first-order chi connectivity index (χ1) is 8.99. The van der Waals surface area contributed by atoms with E-state index in [1.54, 1.807) is 11.9 Å². The topological polar surface area (TPSA) is 55.6 Å². The van der Waals surface area contributed by atoms with Crippen LogP contribution >= 0.6 is 0 Å². The van der Waals surface area contributed by atoms with Crippen molar-refractivity contribution < 1.29 is 9.53 Å². The molecular formula is C15H24N2O2. The van der Waals surface area contributed by atoms with E-state index < -0.39 is 0 Å². The highest BCUT2D eigenvalue weighted by Crippen LogP contribution is 2.20. The third-order valence-corrected chi connectivity index (χ3v) is 3.11. The van der Waals surface area contributed by atoms with E-state index in [0.717, 1.165) is 16.9 Å². The lowest BCUT2D eigenvalue weighted by Gasteiger charge is -2.21. The molecule has 1 amide bonds. The molecule has 0 saturated carbocycles. The quantitative estimate of drug-likeness (QED) is 0.854. The summed E-state index contributed by atoms with van der Waals surface area (Å²) in [4.78, 5) is 13.7. The zero-order valence-electron chi connectivity index (χ0n) is 12.3. The maximum Gasteiger partial charge on any atom is 0.226 e. The van der Waals surface area contributed by atoms with Crippen LogP contribution in [0.15, 0.2) is 18.2 Å². The molecule has 2 N–H and O–H groups in total. The number of carbonyl (C=O) groups excluding carboxylic acids is 1. The normalized spacial score (nSPS) is 12.1. The molecule has 106 valence electrons. The smallest absolute Gasteiger partial charge is 0.226 e. The average Bonchev–Trinajstić information content (AvgIpc) is 2.40. The summed E-state index contributed by atoms with van der Waals surface area (Å²) in [7, 11) is 1.81. The lowest BCUT2D eigenvalue weighted by molar-refractivity contribution is -0.133. The number of nitrogens with zero attached hydrogens (tertiary/aromatic N) is 1. The van der Waals surface area contributed by atoms with E-state index in [1.165, 1.54) is 0 Å². The first kappa shape index (κ1) is 15.5. The lowest BCUT2D eigenvalue weighted by Crippen LogP contribution is -2.34. The molecule has 0 radical (unpaired) electrons. The van der Waals surface area contributed by atoms with Crippen LogP contribution in [0, 0.1) is 12.8 Å². The molecule has 0 saturated heterocycles. The molecule has 0 aromatic heterocycles. The van der Waals surface area contributed by atoms with Crippen molar-refractivity contribution in [1.82, 2.24) is 4.90 Å². The molecule has 1 unspecified atom stereocenters. The van der Waals surface area contributed by atoms with Crippen LogP contribution in [0.25, 0.3) is 0 Å². The van der Waals surface area contributed by atoms with Crippen LogP contribution in [-0.2, 0) is 11.3 Å². The summed E-state index contributed by atoms with van der Waals surface area (Å²) in [6.45, 7) is 7.46. The van der Waals surface area contributed by atoms with Crippen LogP contribution in [0.2, 0.25) is 0 Å². The molecule has 0 fully saturated rings. The van der Waals surface area contributed by atoms with Crippen molar-refractivity contribution in [2.24, 2.45) is 11.7 Å². The summed E-state index contributed by atoms with van der Waals surface area (Å²) in [6, 6.07) is 6.01. The number of carbonyl (C=O) groups is 1. The van der Waals surface area contributed by atoms with Gasteiger partial charge in [-0.1, -0.05) is 19.1 Å². The zero-order chi connectivity index (χ0) is 14.4. The van der Waals surface area contributed by atoms with E-state index in [4.69, 9.17) is 10.5 Å². The average molecular weight is 264 g/mol. The van der Waals surface area contributed by atoms with Gasteiger partial charge < -0.3 is 15.4 Å². The standard InChI is InChI=1S/C15H24N2O2/c1-5-19-14-7-6-13(8-11(14)2)10-17(4)15(18)12(3)9-16/h6-8,12H,5,9-10,16H2,1-4H3. The molecule has 1 aromatic rings. The summed E-state index contributed by atoms with van der Waals surface area (Å²) in [6.07, 6.45) is 0. The number of hydrogen-bond acceptors (Lipinski definition) is 3. The maximum absolute atomic E-state index is 12.0. The van der Waals surface area contributed by atoms with Gasteiger partial charge in [0.1, 0.15) is 5.75 Å². The number of amides is 1. The summed E-state index contributed by atoms with van der Waals surface area (Å²) >= 11 is 0. The molecule has 0 aliphatic rings. The van der Waals surface area contributed by atoms with Gasteiger partial charge in [0, 0.05) is 26.1 Å². The number of rotatable bonds is 6. The predicted octanol–water partition coefficient (Wildman–Crippen LogP) is 1.95. The first-order valence-electron chi connectivity index (χ1n) is 6.67. The fraction of sp³-hybridized carbons (Fsp3) is 0.533. The SMILES string of the molecule is CCOc1ccc(CN(C)C(=O)C(C)CN)cc1C. The first-order valence-corrected chi connectivity index (χ1v) is 6.67. The van der Waals surface area contributed by atoms with Crippen LogP contribution in [0.3, 0.4) is 0 Å². The molecule has 1 rings (SSSR count). The van der Waals surface area contributed by atoms with Gasteiger partial charge in [0.15, 0.2) is 0 Å². The summed E-state index contributed by atoms with van der Waals surface area (Å²) in [5.74, 6) is 0.846. The summed E-state index contributed by atoms with van der Waals surface area (Å²) in [5.41, 5.74) is 7.71. The molecule has 0 spiro atoms. The van der Waals surface area contributed by atoms with Crippen LogP contribution in [-0.4, -0.2) is 31.0 Å². The van der Waals surface area contributed by atoms with E-state index >= 15 is 0 Å². The van der Waals surface area contributed by atoms with E-state index in [-0.39, 0.29) is 11.8 Å². The molecule has 0 bridgehead atoms. The van der Waals surface area contributed by atoms with Gasteiger partial charge in [0.2, 0.25) is 5.91 Å². The van der Waals surface area contributed by atoms with Gasteiger partial charge in [0.25, 0.3) is 0 Å². The fourth-order valence-corrected chi connectivity index (χ4v) is 1.96. The highest BCUT2D eigenvalue weighted by atomic mass is 16.5. The van der Waals surface area contributed by atoms with Crippen LogP contribution in [0.5, 0.6) is 5.75 Å². The van der Waals surface area contributed by atoms with E-state index in [9.17, 15) is 4.79 Å². The molecule has 0 aliphatic carbocycles. The van der Waals surface area contributed by atoms with Gasteiger partial charge in [-0.15, -0.1) is 0 Å². The predicted molar refractivity (Wildman–Crippen MR) is 77.0 cm³/mol. The van der Waals surface area contributed by atoms with E-state index in [2.05, 4.69) is 6.07 Å². The number of benzene rings is 1. The van der Waals surface area contributed by atoms with Gasteiger partial charge in [-0.25, -0.2) is 0 Å². The van der Waals surface area contributed by atoms with Crippen LogP contribution in [0.4, 0.5) is 0 Å². The van der Waals surface area contributed by atoms with Gasteiger partial charge in [-0.05, 0) is 31.0 Å². The zero-order valence-corrected chi connectivity index (χ0v) is 12.3. The Morgan fingerprint density at radius 2 is 2.16 bits per heavy atom. The van der Waals surface area contributed by atoms with Gasteiger partial charge in [0.05, 0.1) is 6.61 Å². The Morgan fingerprint density at radius 3 is 2.68 bits per heavy atom. The molecule has 4 nitrogen and oxygen atoms in total. The molecule has 1 atom stereocenters. The Hall–Kier alpha value is -1.55. The maximum atomic E-state index is 12.0. The minimum atomic E-state index is -0.131. The third kappa shape index (κ3) is 4.24. The van der Waals surface area contributed by atoms with E-state index in [0.29, 0.717) is 19.7 Å². The molecule has 0 aliphatic heterocycles.